The Morgan fingerprint density at radius 1 is 1.30 bits per heavy atom. The van der Waals surface area contributed by atoms with Crippen LogP contribution in [0.15, 0.2) is 24.3 Å². The van der Waals surface area contributed by atoms with Crippen LogP contribution >= 0.6 is 0 Å². The van der Waals surface area contributed by atoms with E-state index in [0.29, 0.717) is 19.3 Å². The summed E-state index contributed by atoms with van der Waals surface area (Å²) in [6, 6.07) is 7.11. The van der Waals surface area contributed by atoms with Crippen molar-refractivity contribution in [3.05, 3.63) is 35.4 Å². The number of likely N-dealkylation sites (tertiary alicyclic amines) is 1. The van der Waals surface area contributed by atoms with Crippen molar-refractivity contribution in [1.82, 2.24) is 4.90 Å². The van der Waals surface area contributed by atoms with Gasteiger partial charge in [-0.25, -0.2) is 0 Å². The van der Waals surface area contributed by atoms with Gasteiger partial charge in [0.2, 0.25) is 11.8 Å². The molecule has 0 aliphatic carbocycles. The van der Waals surface area contributed by atoms with E-state index in [1.54, 1.807) is 0 Å². The lowest BCUT2D eigenvalue weighted by Crippen LogP contribution is -2.41. The molecule has 1 N–H and O–H groups in total. The average molecular weight is 271 g/mol. The van der Waals surface area contributed by atoms with Crippen LogP contribution in [0.5, 0.6) is 0 Å². The van der Waals surface area contributed by atoms with Crippen LogP contribution in [0.3, 0.4) is 0 Å². The lowest BCUT2D eigenvalue weighted by molar-refractivity contribution is -0.150. The van der Waals surface area contributed by atoms with Crippen LogP contribution in [0.25, 0.3) is 0 Å². The SMILES string of the molecule is CC(c1cccc(C#CCO)c1)N1C(=O)CCCC1=O. The molecule has 0 bridgehead atoms. The number of imide groups is 1. The zero-order chi connectivity index (χ0) is 14.5. The topological polar surface area (TPSA) is 57.6 Å². The van der Waals surface area contributed by atoms with E-state index < -0.39 is 0 Å². The van der Waals surface area contributed by atoms with Gasteiger partial charge in [0.25, 0.3) is 0 Å². The molecule has 1 heterocycles. The zero-order valence-corrected chi connectivity index (χ0v) is 11.4. The first kappa shape index (κ1) is 14.3. The first-order chi connectivity index (χ1) is 9.63. The molecule has 20 heavy (non-hydrogen) atoms. The van der Waals surface area contributed by atoms with Crippen LogP contribution in [0.4, 0.5) is 0 Å². The van der Waals surface area contributed by atoms with E-state index in [4.69, 9.17) is 5.11 Å². The fraction of sp³-hybridized carbons (Fsp3) is 0.375. The summed E-state index contributed by atoms with van der Waals surface area (Å²) < 4.78 is 0. The number of nitrogens with zero attached hydrogens (tertiary/aromatic N) is 1. The van der Waals surface area contributed by atoms with Crippen molar-refractivity contribution in [3.63, 3.8) is 0 Å². The van der Waals surface area contributed by atoms with Gasteiger partial charge in [0.15, 0.2) is 0 Å². The molecule has 0 radical (unpaired) electrons. The molecule has 4 heteroatoms. The normalized spacial score (nSPS) is 16.6. The lowest BCUT2D eigenvalue weighted by Gasteiger charge is -2.31. The smallest absolute Gasteiger partial charge is 0.229 e. The van der Waals surface area contributed by atoms with Gasteiger partial charge in [-0.1, -0.05) is 24.0 Å². The molecule has 2 rings (SSSR count). The maximum atomic E-state index is 11.9. The van der Waals surface area contributed by atoms with E-state index in [-0.39, 0.29) is 24.5 Å². The van der Waals surface area contributed by atoms with Crippen molar-refractivity contribution < 1.29 is 14.7 Å². The summed E-state index contributed by atoms with van der Waals surface area (Å²) in [6.45, 7) is 1.66. The number of benzene rings is 1. The Hall–Kier alpha value is -2.12. The zero-order valence-electron chi connectivity index (χ0n) is 11.4. The molecule has 1 saturated heterocycles. The Morgan fingerprint density at radius 3 is 2.65 bits per heavy atom. The highest BCUT2D eigenvalue weighted by molar-refractivity contribution is 5.98. The van der Waals surface area contributed by atoms with Crippen LogP contribution in [-0.2, 0) is 9.59 Å². The Kier molecular flexibility index (Phi) is 4.54. The lowest BCUT2D eigenvalue weighted by atomic mass is 10.0. The summed E-state index contributed by atoms with van der Waals surface area (Å²) in [5.41, 5.74) is 1.64. The van der Waals surface area contributed by atoms with E-state index in [9.17, 15) is 9.59 Å². The molecular weight excluding hydrogens is 254 g/mol. The second-order valence-corrected chi connectivity index (χ2v) is 4.77. The number of piperidine rings is 1. The molecule has 1 aromatic rings. The van der Waals surface area contributed by atoms with Gasteiger partial charge in [-0.3, -0.25) is 14.5 Å². The minimum Gasteiger partial charge on any atom is -0.384 e. The monoisotopic (exact) mass is 271 g/mol. The maximum absolute atomic E-state index is 11.9. The minimum atomic E-state index is -0.286. The summed E-state index contributed by atoms with van der Waals surface area (Å²) in [7, 11) is 0. The summed E-state index contributed by atoms with van der Waals surface area (Å²) in [5, 5.41) is 8.71. The molecule has 1 aliphatic rings. The van der Waals surface area contributed by atoms with E-state index in [2.05, 4.69) is 11.8 Å². The van der Waals surface area contributed by atoms with Gasteiger partial charge in [0, 0.05) is 18.4 Å². The highest BCUT2D eigenvalue weighted by Gasteiger charge is 2.30. The highest BCUT2D eigenvalue weighted by atomic mass is 16.2. The fourth-order valence-electron chi connectivity index (χ4n) is 2.37. The molecule has 1 aliphatic heterocycles. The first-order valence-electron chi connectivity index (χ1n) is 6.68. The molecule has 2 amide bonds. The van der Waals surface area contributed by atoms with Crippen molar-refractivity contribution >= 4 is 11.8 Å². The Bertz CT molecular complexity index is 567. The first-order valence-corrected chi connectivity index (χ1v) is 6.68. The second-order valence-electron chi connectivity index (χ2n) is 4.77. The van der Waals surface area contributed by atoms with E-state index in [1.165, 1.54) is 4.90 Å². The van der Waals surface area contributed by atoms with Gasteiger partial charge in [-0.15, -0.1) is 0 Å². The Balaban J connectivity index is 2.26. The quantitative estimate of drug-likeness (QED) is 0.657. The molecule has 1 fully saturated rings. The molecular formula is C16H17NO3. The molecule has 1 atom stereocenters. The standard InChI is InChI=1S/C16H17NO3/c1-12(17-15(19)8-3-9-16(17)20)14-7-2-5-13(11-14)6-4-10-18/h2,5,7,11-12,18H,3,8-10H2,1H3. The summed E-state index contributed by atoms with van der Waals surface area (Å²) in [6.07, 6.45) is 1.50. The van der Waals surface area contributed by atoms with E-state index in [1.807, 2.05) is 31.2 Å². The van der Waals surface area contributed by atoms with Crippen molar-refractivity contribution in [1.29, 1.82) is 0 Å². The predicted octanol–water partition coefficient (Wildman–Crippen LogP) is 1.63. The summed E-state index contributed by atoms with van der Waals surface area (Å²) >= 11 is 0. The van der Waals surface area contributed by atoms with Crippen LogP contribution < -0.4 is 0 Å². The van der Waals surface area contributed by atoms with Crippen molar-refractivity contribution in [2.45, 2.75) is 32.2 Å². The van der Waals surface area contributed by atoms with Crippen molar-refractivity contribution in [3.8, 4) is 11.8 Å². The van der Waals surface area contributed by atoms with E-state index >= 15 is 0 Å². The number of hydrogen-bond acceptors (Lipinski definition) is 3. The number of aliphatic hydroxyl groups is 1. The van der Waals surface area contributed by atoms with Gasteiger partial charge in [-0.05, 0) is 31.0 Å². The molecule has 0 spiro atoms. The van der Waals surface area contributed by atoms with Gasteiger partial charge < -0.3 is 5.11 Å². The van der Waals surface area contributed by atoms with Crippen molar-refractivity contribution in [2.75, 3.05) is 6.61 Å². The van der Waals surface area contributed by atoms with Crippen LogP contribution in [0, 0.1) is 11.8 Å². The average Bonchev–Trinajstić information content (AvgIpc) is 2.45. The fourth-order valence-corrected chi connectivity index (χ4v) is 2.37. The second kappa shape index (κ2) is 6.36. The molecule has 104 valence electrons. The van der Waals surface area contributed by atoms with Gasteiger partial charge in [-0.2, -0.15) is 0 Å². The maximum Gasteiger partial charge on any atom is 0.229 e. The highest BCUT2D eigenvalue weighted by Crippen LogP contribution is 2.26. The molecule has 1 aromatic carbocycles. The molecule has 0 aromatic heterocycles. The van der Waals surface area contributed by atoms with Gasteiger partial charge in [0.1, 0.15) is 6.61 Å². The van der Waals surface area contributed by atoms with Crippen LogP contribution in [-0.4, -0.2) is 28.4 Å². The van der Waals surface area contributed by atoms with Crippen LogP contribution in [0.1, 0.15) is 43.4 Å². The number of rotatable bonds is 2. The summed E-state index contributed by atoms with van der Waals surface area (Å²) in [4.78, 5) is 25.2. The number of aliphatic hydroxyl groups excluding tert-OH is 1. The van der Waals surface area contributed by atoms with Crippen molar-refractivity contribution in [2.24, 2.45) is 0 Å². The Morgan fingerprint density at radius 2 is 2.00 bits per heavy atom. The third kappa shape index (κ3) is 3.06. The number of carbonyl (C=O) groups excluding carboxylic acids is 2. The number of carbonyl (C=O) groups is 2. The minimum absolute atomic E-state index is 0.111. The molecule has 4 nitrogen and oxygen atoms in total. The predicted molar refractivity (Wildman–Crippen MR) is 74.5 cm³/mol. The van der Waals surface area contributed by atoms with Gasteiger partial charge in [0.05, 0.1) is 6.04 Å². The molecule has 0 saturated carbocycles. The third-order valence-electron chi connectivity index (χ3n) is 3.39. The molecule has 1 unspecified atom stereocenters. The number of amides is 2. The van der Waals surface area contributed by atoms with Crippen LogP contribution in [0.2, 0.25) is 0 Å². The van der Waals surface area contributed by atoms with Gasteiger partial charge >= 0.3 is 0 Å². The largest absolute Gasteiger partial charge is 0.384 e. The third-order valence-corrected chi connectivity index (χ3v) is 3.39. The summed E-state index contributed by atoms with van der Waals surface area (Å²) in [5.74, 6) is 5.19. The van der Waals surface area contributed by atoms with E-state index in [0.717, 1.165) is 11.1 Å². The Labute approximate surface area is 118 Å². The number of hydrogen-bond donors (Lipinski definition) is 1.